The molecule has 0 bridgehead atoms. The zero-order valence-corrected chi connectivity index (χ0v) is 20.6. The SMILES string of the molecule is C=CC1(C)c2ccccc2N2c3ccc(OC(F)(F)F)cc3N(c3cc(C)cc(C)c3)C2C1(C)C. The van der Waals surface area contributed by atoms with Gasteiger partial charge in [0.05, 0.1) is 11.4 Å². The van der Waals surface area contributed by atoms with Crippen LogP contribution >= 0.6 is 0 Å². The van der Waals surface area contributed by atoms with Crippen LogP contribution in [0.2, 0.25) is 0 Å². The van der Waals surface area contributed by atoms with Crippen molar-refractivity contribution in [1.29, 1.82) is 0 Å². The standard InChI is InChI=1S/C29H29F3N2O/c1-7-28(6)22-10-8-9-11-23(22)34-24-13-12-21(35-29(30,31)32)17-25(24)33(26(34)27(28,4)5)20-15-18(2)14-19(3)16-20/h7-17,26H,1H2,2-6H3. The molecular weight excluding hydrogens is 449 g/mol. The van der Waals surface area contributed by atoms with Crippen LogP contribution in [0.4, 0.5) is 35.9 Å². The van der Waals surface area contributed by atoms with E-state index in [9.17, 15) is 13.2 Å². The summed E-state index contributed by atoms with van der Waals surface area (Å²) in [6.45, 7) is 14.9. The van der Waals surface area contributed by atoms with Gasteiger partial charge in [0, 0.05) is 28.3 Å². The lowest BCUT2D eigenvalue weighted by Gasteiger charge is -2.56. The summed E-state index contributed by atoms with van der Waals surface area (Å²) in [4.78, 5) is 4.42. The van der Waals surface area contributed by atoms with Gasteiger partial charge in [-0.05, 0) is 60.9 Å². The number of ether oxygens (including phenoxy) is 1. The number of halogens is 3. The van der Waals surface area contributed by atoms with Crippen LogP contribution in [0.3, 0.4) is 0 Å². The monoisotopic (exact) mass is 478 g/mol. The minimum absolute atomic E-state index is 0.210. The molecule has 3 nitrogen and oxygen atoms in total. The van der Waals surface area contributed by atoms with Gasteiger partial charge in [0.15, 0.2) is 0 Å². The van der Waals surface area contributed by atoms with E-state index in [0.717, 1.165) is 33.8 Å². The average Bonchev–Trinajstić information content (AvgIpc) is 3.11. The van der Waals surface area contributed by atoms with Gasteiger partial charge in [-0.2, -0.15) is 0 Å². The molecule has 0 aromatic heterocycles. The Balaban J connectivity index is 1.82. The Morgan fingerprint density at radius 2 is 1.51 bits per heavy atom. The number of allylic oxidation sites excluding steroid dienone is 1. The van der Waals surface area contributed by atoms with Crippen molar-refractivity contribution in [3.05, 3.63) is 90.0 Å². The van der Waals surface area contributed by atoms with Crippen molar-refractivity contribution >= 4 is 22.7 Å². The molecule has 2 aliphatic rings. The van der Waals surface area contributed by atoms with Crippen LogP contribution in [-0.2, 0) is 5.41 Å². The first-order valence-corrected chi connectivity index (χ1v) is 11.7. The molecule has 182 valence electrons. The molecule has 2 atom stereocenters. The van der Waals surface area contributed by atoms with E-state index in [4.69, 9.17) is 0 Å². The number of rotatable bonds is 3. The third-order valence-electron chi connectivity index (χ3n) is 7.79. The van der Waals surface area contributed by atoms with Crippen molar-refractivity contribution in [2.75, 3.05) is 9.80 Å². The molecule has 0 spiro atoms. The summed E-state index contributed by atoms with van der Waals surface area (Å²) >= 11 is 0. The molecule has 2 aliphatic heterocycles. The third-order valence-corrected chi connectivity index (χ3v) is 7.79. The van der Waals surface area contributed by atoms with Crippen molar-refractivity contribution in [3.8, 4) is 5.75 Å². The molecule has 0 N–H and O–H groups in total. The van der Waals surface area contributed by atoms with Gasteiger partial charge in [-0.3, -0.25) is 0 Å². The number of hydrogen-bond acceptors (Lipinski definition) is 3. The first-order chi connectivity index (χ1) is 16.4. The molecule has 0 fully saturated rings. The van der Waals surface area contributed by atoms with Crippen LogP contribution in [0.25, 0.3) is 0 Å². The van der Waals surface area contributed by atoms with Gasteiger partial charge < -0.3 is 14.5 Å². The summed E-state index contributed by atoms with van der Waals surface area (Å²) in [6.07, 6.45) is -2.97. The van der Waals surface area contributed by atoms with E-state index in [0.29, 0.717) is 5.69 Å². The summed E-state index contributed by atoms with van der Waals surface area (Å²) in [5, 5.41) is 0. The van der Waals surface area contributed by atoms with Crippen LogP contribution in [0.15, 0.2) is 73.3 Å². The number of nitrogens with zero attached hydrogens (tertiary/aromatic N) is 2. The number of anilines is 4. The zero-order valence-electron chi connectivity index (χ0n) is 20.6. The first kappa shape index (κ1) is 23.3. The van der Waals surface area contributed by atoms with E-state index in [2.05, 4.69) is 72.2 Å². The Morgan fingerprint density at radius 3 is 2.14 bits per heavy atom. The van der Waals surface area contributed by atoms with E-state index < -0.39 is 11.8 Å². The highest BCUT2D eigenvalue weighted by atomic mass is 19.4. The predicted molar refractivity (Wildman–Crippen MR) is 135 cm³/mol. The summed E-state index contributed by atoms with van der Waals surface area (Å²) in [7, 11) is 0. The van der Waals surface area contributed by atoms with Gasteiger partial charge in [0.1, 0.15) is 11.9 Å². The van der Waals surface area contributed by atoms with Gasteiger partial charge >= 0.3 is 6.36 Å². The topological polar surface area (TPSA) is 15.7 Å². The average molecular weight is 479 g/mol. The smallest absolute Gasteiger partial charge is 0.406 e. The van der Waals surface area contributed by atoms with Crippen molar-refractivity contribution in [3.63, 3.8) is 0 Å². The molecule has 2 heterocycles. The Labute approximate surface area is 204 Å². The molecule has 5 rings (SSSR count). The van der Waals surface area contributed by atoms with Crippen LogP contribution in [-0.4, -0.2) is 12.5 Å². The minimum atomic E-state index is -4.77. The predicted octanol–water partition coefficient (Wildman–Crippen LogP) is 8.30. The summed E-state index contributed by atoms with van der Waals surface area (Å²) in [5.74, 6) is -0.233. The summed E-state index contributed by atoms with van der Waals surface area (Å²) in [6, 6.07) is 19.1. The maximum Gasteiger partial charge on any atom is 0.573 e. The number of benzene rings is 3. The summed E-state index contributed by atoms with van der Waals surface area (Å²) < 4.78 is 43.7. The van der Waals surface area contributed by atoms with E-state index in [1.54, 1.807) is 6.07 Å². The highest BCUT2D eigenvalue weighted by Gasteiger charge is 2.58. The van der Waals surface area contributed by atoms with Crippen molar-refractivity contribution < 1.29 is 17.9 Å². The number of aryl methyl sites for hydroxylation is 2. The minimum Gasteiger partial charge on any atom is -0.406 e. The fourth-order valence-electron chi connectivity index (χ4n) is 5.86. The molecule has 35 heavy (non-hydrogen) atoms. The Kier molecular flexibility index (Phi) is 5.03. The molecule has 3 aromatic rings. The normalized spacial score (nSPS) is 22.3. The van der Waals surface area contributed by atoms with Gasteiger partial charge in [-0.1, -0.05) is 51.1 Å². The lowest BCUT2D eigenvalue weighted by atomic mass is 9.58. The number of para-hydroxylation sites is 1. The van der Waals surface area contributed by atoms with Gasteiger partial charge in [0.2, 0.25) is 0 Å². The fraction of sp³-hybridized carbons (Fsp3) is 0.310. The number of alkyl halides is 3. The van der Waals surface area contributed by atoms with E-state index >= 15 is 0 Å². The van der Waals surface area contributed by atoms with Crippen LogP contribution in [0.5, 0.6) is 5.75 Å². The molecule has 0 saturated heterocycles. The molecular formula is C29H29F3N2O. The lowest BCUT2D eigenvalue weighted by molar-refractivity contribution is -0.274. The second kappa shape index (κ2) is 7.54. The van der Waals surface area contributed by atoms with Gasteiger partial charge in [-0.15, -0.1) is 19.8 Å². The third kappa shape index (κ3) is 3.41. The van der Waals surface area contributed by atoms with Crippen LogP contribution in [0.1, 0.15) is 37.5 Å². The first-order valence-electron chi connectivity index (χ1n) is 11.7. The second-order valence-corrected chi connectivity index (χ2v) is 10.3. The molecule has 0 amide bonds. The number of hydrogen-bond donors (Lipinski definition) is 0. The maximum atomic E-state index is 13.1. The quantitative estimate of drug-likeness (QED) is 0.352. The Morgan fingerprint density at radius 1 is 0.857 bits per heavy atom. The van der Waals surface area contributed by atoms with Gasteiger partial charge in [-0.25, -0.2) is 0 Å². The largest absolute Gasteiger partial charge is 0.573 e. The van der Waals surface area contributed by atoms with Crippen LogP contribution < -0.4 is 14.5 Å². The highest BCUT2D eigenvalue weighted by molar-refractivity contribution is 5.92. The molecule has 6 heteroatoms. The molecule has 0 saturated carbocycles. The lowest BCUT2D eigenvalue weighted by Crippen LogP contribution is -2.60. The van der Waals surface area contributed by atoms with Crippen LogP contribution in [0, 0.1) is 19.3 Å². The molecule has 3 aromatic carbocycles. The Bertz CT molecular complexity index is 1310. The second-order valence-electron chi connectivity index (χ2n) is 10.3. The molecule has 2 unspecified atom stereocenters. The van der Waals surface area contributed by atoms with E-state index in [1.165, 1.54) is 12.1 Å². The van der Waals surface area contributed by atoms with Crippen molar-refractivity contribution in [2.24, 2.45) is 5.41 Å². The van der Waals surface area contributed by atoms with Crippen molar-refractivity contribution in [1.82, 2.24) is 0 Å². The fourth-order valence-corrected chi connectivity index (χ4v) is 5.86. The molecule has 0 radical (unpaired) electrons. The van der Waals surface area contributed by atoms with Gasteiger partial charge in [0.25, 0.3) is 0 Å². The zero-order chi connectivity index (χ0) is 25.3. The maximum absolute atomic E-state index is 13.1. The van der Waals surface area contributed by atoms with E-state index in [1.807, 2.05) is 32.1 Å². The Hall–Kier alpha value is -3.41. The summed E-state index contributed by atoms with van der Waals surface area (Å²) in [5.41, 5.74) is 6.01. The van der Waals surface area contributed by atoms with E-state index in [-0.39, 0.29) is 17.3 Å². The van der Waals surface area contributed by atoms with Crippen molar-refractivity contribution in [2.45, 2.75) is 52.6 Å². The highest BCUT2D eigenvalue weighted by Crippen LogP contribution is 2.63. The number of fused-ring (bicyclic) bond motifs is 5. The molecule has 0 aliphatic carbocycles.